The van der Waals surface area contributed by atoms with Gasteiger partial charge in [0.05, 0.1) is 0 Å². The molecule has 1 radical (unpaired) electrons. The molecule has 0 aromatic rings. The minimum atomic E-state index is 0.996. The summed E-state index contributed by atoms with van der Waals surface area (Å²) in [4.78, 5) is 2.62. The van der Waals surface area contributed by atoms with E-state index in [1.165, 1.54) is 64.6 Å². The van der Waals surface area contributed by atoms with Gasteiger partial charge in [-0.05, 0) is 38.1 Å². The molecule has 0 saturated carbocycles. The van der Waals surface area contributed by atoms with Crippen molar-refractivity contribution in [3.63, 3.8) is 0 Å². The first-order valence-electron chi connectivity index (χ1n) is 6.87. The second kappa shape index (κ2) is 8.15. The molecule has 0 spiro atoms. The van der Waals surface area contributed by atoms with Crippen molar-refractivity contribution >= 4 is 0 Å². The normalized spacial score (nSPS) is 23.2. The van der Waals surface area contributed by atoms with E-state index < -0.39 is 0 Å². The first-order valence-corrected chi connectivity index (χ1v) is 6.87. The zero-order valence-corrected chi connectivity index (χ0v) is 10.7. The van der Waals surface area contributed by atoms with E-state index >= 15 is 0 Å². The summed E-state index contributed by atoms with van der Waals surface area (Å²) in [5.41, 5.74) is 0. The number of likely N-dealkylation sites (tertiary alicyclic amines) is 1. The van der Waals surface area contributed by atoms with Gasteiger partial charge >= 0.3 is 0 Å². The minimum absolute atomic E-state index is 0.996. The molecule has 89 valence electrons. The first-order chi connectivity index (χ1) is 7.36. The summed E-state index contributed by atoms with van der Waals surface area (Å²) in [6, 6.07) is 0. The van der Waals surface area contributed by atoms with Crippen LogP contribution in [0.5, 0.6) is 0 Å². The van der Waals surface area contributed by atoms with Gasteiger partial charge in [0, 0.05) is 13.1 Å². The van der Waals surface area contributed by atoms with Gasteiger partial charge in [0.1, 0.15) is 0 Å². The van der Waals surface area contributed by atoms with E-state index in [1.54, 1.807) is 0 Å². The Kier molecular flexibility index (Phi) is 7.08. The lowest BCUT2D eigenvalue weighted by atomic mass is 9.92. The summed E-state index contributed by atoms with van der Waals surface area (Å²) >= 11 is 0. The smallest absolute Gasteiger partial charge is 0.00102 e. The van der Waals surface area contributed by atoms with Crippen LogP contribution in [-0.2, 0) is 0 Å². The molecule has 1 saturated heterocycles. The maximum absolute atomic E-state index is 2.62. The summed E-state index contributed by atoms with van der Waals surface area (Å²) in [7, 11) is 0. The zero-order valence-electron chi connectivity index (χ0n) is 10.7. The van der Waals surface area contributed by atoms with Crippen LogP contribution in [-0.4, -0.2) is 24.5 Å². The molecular weight excluding hydrogens is 182 g/mol. The van der Waals surface area contributed by atoms with Gasteiger partial charge in [-0.25, -0.2) is 0 Å². The molecule has 0 aromatic heterocycles. The van der Waals surface area contributed by atoms with E-state index in [-0.39, 0.29) is 0 Å². The Hall–Kier alpha value is -0.0400. The summed E-state index contributed by atoms with van der Waals surface area (Å²) in [6.45, 7) is 8.35. The Bertz CT molecular complexity index is 142. The van der Waals surface area contributed by atoms with Crippen LogP contribution in [0.15, 0.2) is 0 Å². The minimum Gasteiger partial charge on any atom is -0.303 e. The average molecular weight is 210 g/mol. The molecule has 1 aliphatic rings. The summed E-state index contributed by atoms with van der Waals surface area (Å²) in [5, 5.41) is 0. The van der Waals surface area contributed by atoms with Crippen molar-refractivity contribution in [1.29, 1.82) is 0 Å². The van der Waals surface area contributed by atoms with Crippen molar-refractivity contribution in [3.8, 4) is 0 Å². The molecule has 1 unspecified atom stereocenters. The molecule has 15 heavy (non-hydrogen) atoms. The largest absolute Gasteiger partial charge is 0.303 e. The quantitative estimate of drug-likeness (QED) is 0.576. The number of nitrogens with zero attached hydrogens (tertiary/aromatic N) is 1. The monoisotopic (exact) mass is 210 g/mol. The summed E-state index contributed by atoms with van der Waals surface area (Å²) < 4.78 is 0. The molecule has 0 N–H and O–H groups in total. The van der Waals surface area contributed by atoms with Crippen LogP contribution < -0.4 is 0 Å². The Balaban J connectivity index is 2.07. The van der Waals surface area contributed by atoms with Gasteiger partial charge in [-0.1, -0.05) is 39.5 Å². The molecule has 1 rings (SSSR count). The molecule has 0 bridgehead atoms. The van der Waals surface area contributed by atoms with Crippen LogP contribution in [0.1, 0.15) is 58.8 Å². The highest BCUT2D eigenvalue weighted by atomic mass is 15.1. The van der Waals surface area contributed by atoms with E-state index in [9.17, 15) is 0 Å². The van der Waals surface area contributed by atoms with Gasteiger partial charge in [-0.15, -0.1) is 0 Å². The zero-order chi connectivity index (χ0) is 10.9. The maximum Gasteiger partial charge on any atom is 0.00102 e. The third kappa shape index (κ3) is 5.55. The predicted molar refractivity (Wildman–Crippen MR) is 67.9 cm³/mol. The van der Waals surface area contributed by atoms with Crippen molar-refractivity contribution in [2.75, 3.05) is 19.6 Å². The van der Waals surface area contributed by atoms with Gasteiger partial charge in [0.25, 0.3) is 0 Å². The van der Waals surface area contributed by atoms with Crippen molar-refractivity contribution in [1.82, 2.24) is 4.90 Å². The second-order valence-corrected chi connectivity index (χ2v) is 5.03. The van der Waals surface area contributed by atoms with Gasteiger partial charge in [0.2, 0.25) is 0 Å². The van der Waals surface area contributed by atoms with Crippen molar-refractivity contribution < 1.29 is 0 Å². The van der Waals surface area contributed by atoms with Gasteiger partial charge < -0.3 is 4.90 Å². The van der Waals surface area contributed by atoms with Crippen molar-refractivity contribution in [3.05, 3.63) is 6.42 Å². The Morgan fingerprint density at radius 1 is 1.27 bits per heavy atom. The highest BCUT2D eigenvalue weighted by molar-refractivity contribution is 4.75. The second-order valence-electron chi connectivity index (χ2n) is 5.03. The van der Waals surface area contributed by atoms with Crippen molar-refractivity contribution in [2.45, 2.75) is 58.8 Å². The Labute approximate surface area is 96.2 Å². The van der Waals surface area contributed by atoms with E-state index in [2.05, 4.69) is 25.2 Å². The van der Waals surface area contributed by atoms with Crippen LogP contribution in [0.4, 0.5) is 0 Å². The van der Waals surface area contributed by atoms with Crippen molar-refractivity contribution in [2.24, 2.45) is 5.92 Å². The third-order valence-electron chi connectivity index (χ3n) is 3.51. The maximum atomic E-state index is 2.62. The lowest BCUT2D eigenvalue weighted by Crippen LogP contribution is -2.35. The first kappa shape index (κ1) is 13.0. The highest BCUT2D eigenvalue weighted by Gasteiger charge is 2.18. The Morgan fingerprint density at radius 2 is 2.13 bits per heavy atom. The molecular formula is C14H28N. The fraction of sp³-hybridized carbons (Fsp3) is 0.929. The van der Waals surface area contributed by atoms with Gasteiger partial charge in [-0.3, -0.25) is 0 Å². The lowest BCUT2D eigenvalue weighted by molar-refractivity contribution is 0.177. The van der Waals surface area contributed by atoms with Gasteiger partial charge in [-0.2, -0.15) is 0 Å². The predicted octanol–water partition coefficient (Wildman–Crippen LogP) is 3.89. The molecule has 0 aliphatic carbocycles. The lowest BCUT2D eigenvalue weighted by Gasteiger charge is -2.32. The molecule has 1 aliphatic heterocycles. The molecule has 1 heterocycles. The standard InChI is InChI=1S/C14H28N/c1-3-5-6-7-9-14-10-8-12-15(13-14)11-4-2/h4,14H,3,5-13H2,1-2H3. The summed E-state index contributed by atoms with van der Waals surface area (Å²) in [6.07, 6.45) is 12.4. The van der Waals surface area contributed by atoms with E-state index in [0.29, 0.717) is 0 Å². The topological polar surface area (TPSA) is 3.24 Å². The summed E-state index contributed by atoms with van der Waals surface area (Å²) in [5.74, 6) is 0.996. The fourth-order valence-electron chi connectivity index (χ4n) is 2.67. The third-order valence-corrected chi connectivity index (χ3v) is 3.51. The fourth-order valence-corrected chi connectivity index (χ4v) is 2.67. The number of hydrogen-bond donors (Lipinski definition) is 0. The van der Waals surface area contributed by atoms with Crippen LogP contribution in [0.3, 0.4) is 0 Å². The van der Waals surface area contributed by atoms with Crippen LogP contribution in [0.2, 0.25) is 0 Å². The Morgan fingerprint density at radius 3 is 2.87 bits per heavy atom. The van der Waals surface area contributed by atoms with Crippen LogP contribution >= 0.6 is 0 Å². The van der Waals surface area contributed by atoms with Crippen LogP contribution in [0, 0.1) is 12.3 Å². The van der Waals surface area contributed by atoms with E-state index in [4.69, 9.17) is 0 Å². The average Bonchev–Trinajstić information content (AvgIpc) is 2.26. The molecule has 1 fully saturated rings. The number of hydrogen-bond acceptors (Lipinski definition) is 1. The van der Waals surface area contributed by atoms with Gasteiger partial charge in [0.15, 0.2) is 0 Å². The van der Waals surface area contributed by atoms with Crippen LogP contribution in [0.25, 0.3) is 0 Å². The number of rotatable bonds is 7. The molecule has 1 heteroatoms. The molecule has 1 nitrogen and oxygen atoms in total. The number of unbranched alkanes of at least 4 members (excludes halogenated alkanes) is 3. The molecule has 0 amide bonds. The molecule has 1 atom stereocenters. The molecule has 0 aromatic carbocycles. The SMILES string of the molecule is C[CH]CN1CCCC(CCCCCC)C1. The number of piperidine rings is 1. The highest BCUT2D eigenvalue weighted by Crippen LogP contribution is 2.22. The van der Waals surface area contributed by atoms with E-state index in [1.807, 2.05) is 0 Å². The van der Waals surface area contributed by atoms with E-state index in [0.717, 1.165) is 5.92 Å².